The lowest BCUT2D eigenvalue weighted by Gasteiger charge is -2.30. The van der Waals surface area contributed by atoms with Crippen molar-refractivity contribution in [3.63, 3.8) is 0 Å². The standard InChI is InChI=1S/C12H24N2O2/c1-14(2)12(15)9-16-8-11-6-4-3-5-10(11)7-13/h10-11H,3-9,13H2,1-2H3. The van der Waals surface area contributed by atoms with E-state index in [1.165, 1.54) is 25.7 Å². The van der Waals surface area contributed by atoms with Gasteiger partial charge in [0.2, 0.25) is 5.91 Å². The number of likely N-dealkylation sites (N-methyl/N-ethyl adjacent to an activating group) is 1. The van der Waals surface area contributed by atoms with Crippen LogP contribution in [0.25, 0.3) is 0 Å². The predicted octanol–water partition coefficient (Wildman–Crippen LogP) is 0.856. The molecular weight excluding hydrogens is 204 g/mol. The molecule has 0 heterocycles. The third-order valence-electron chi connectivity index (χ3n) is 3.43. The van der Waals surface area contributed by atoms with Crippen LogP contribution < -0.4 is 5.73 Å². The van der Waals surface area contributed by atoms with Crippen molar-refractivity contribution in [2.45, 2.75) is 25.7 Å². The maximum absolute atomic E-state index is 11.3. The molecule has 0 saturated heterocycles. The lowest BCUT2D eigenvalue weighted by atomic mass is 9.80. The monoisotopic (exact) mass is 228 g/mol. The molecule has 0 aliphatic heterocycles. The quantitative estimate of drug-likeness (QED) is 0.759. The van der Waals surface area contributed by atoms with Crippen LogP contribution in [0.3, 0.4) is 0 Å². The first kappa shape index (κ1) is 13.5. The second kappa shape index (κ2) is 6.86. The fraction of sp³-hybridized carbons (Fsp3) is 0.917. The number of amides is 1. The average Bonchev–Trinajstić information content (AvgIpc) is 2.29. The molecule has 1 amide bonds. The first-order valence-electron chi connectivity index (χ1n) is 6.13. The highest BCUT2D eigenvalue weighted by Gasteiger charge is 2.24. The van der Waals surface area contributed by atoms with E-state index in [9.17, 15) is 4.79 Å². The zero-order valence-corrected chi connectivity index (χ0v) is 10.4. The highest BCUT2D eigenvalue weighted by Crippen LogP contribution is 2.29. The van der Waals surface area contributed by atoms with Gasteiger partial charge in [-0.15, -0.1) is 0 Å². The summed E-state index contributed by atoms with van der Waals surface area (Å²) in [6, 6.07) is 0. The lowest BCUT2D eigenvalue weighted by Crippen LogP contribution is -2.32. The predicted molar refractivity (Wildman–Crippen MR) is 64.0 cm³/mol. The topological polar surface area (TPSA) is 55.6 Å². The third-order valence-corrected chi connectivity index (χ3v) is 3.43. The minimum Gasteiger partial charge on any atom is -0.371 e. The van der Waals surface area contributed by atoms with E-state index in [1.807, 2.05) is 0 Å². The van der Waals surface area contributed by atoms with E-state index in [4.69, 9.17) is 10.5 Å². The van der Waals surface area contributed by atoms with Gasteiger partial charge in [-0.25, -0.2) is 0 Å². The number of hydrogen-bond acceptors (Lipinski definition) is 3. The van der Waals surface area contributed by atoms with E-state index in [0.29, 0.717) is 18.4 Å². The fourth-order valence-electron chi connectivity index (χ4n) is 2.24. The number of hydrogen-bond donors (Lipinski definition) is 1. The van der Waals surface area contributed by atoms with E-state index in [1.54, 1.807) is 19.0 Å². The van der Waals surface area contributed by atoms with Crippen LogP contribution in [0.15, 0.2) is 0 Å². The molecule has 1 saturated carbocycles. The normalized spacial score (nSPS) is 25.4. The van der Waals surface area contributed by atoms with Crippen molar-refractivity contribution >= 4 is 5.91 Å². The highest BCUT2D eigenvalue weighted by molar-refractivity contribution is 5.76. The summed E-state index contributed by atoms with van der Waals surface area (Å²) >= 11 is 0. The Labute approximate surface area is 98.1 Å². The Kier molecular flexibility index (Phi) is 5.77. The van der Waals surface area contributed by atoms with Gasteiger partial charge in [-0.1, -0.05) is 12.8 Å². The molecule has 1 rings (SSSR count). The van der Waals surface area contributed by atoms with Crippen molar-refractivity contribution in [3.05, 3.63) is 0 Å². The number of carbonyl (C=O) groups is 1. The van der Waals surface area contributed by atoms with E-state index < -0.39 is 0 Å². The molecule has 0 aromatic rings. The molecule has 94 valence electrons. The molecule has 0 aromatic carbocycles. The van der Waals surface area contributed by atoms with Gasteiger partial charge in [0.05, 0.1) is 6.61 Å². The molecule has 2 unspecified atom stereocenters. The van der Waals surface area contributed by atoms with Crippen molar-refractivity contribution in [1.29, 1.82) is 0 Å². The molecule has 0 radical (unpaired) electrons. The zero-order chi connectivity index (χ0) is 12.0. The Morgan fingerprint density at radius 1 is 1.31 bits per heavy atom. The van der Waals surface area contributed by atoms with Gasteiger partial charge < -0.3 is 15.4 Å². The van der Waals surface area contributed by atoms with Crippen LogP contribution in [0.1, 0.15) is 25.7 Å². The van der Waals surface area contributed by atoms with Crippen LogP contribution in [0, 0.1) is 11.8 Å². The van der Waals surface area contributed by atoms with Crippen molar-refractivity contribution in [2.75, 3.05) is 33.9 Å². The van der Waals surface area contributed by atoms with Gasteiger partial charge in [0, 0.05) is 14.1 Å². The smallest absolute Gasteiger partial charge is 0.248 e. The van der Waals surface area contributed by atoms with Gasteiger partial charge in [0.25, 0.3) is 0 Å². The Bertz CT molecular complexity index is 219. The molecule has 1 aliphatic rings. The van der Waals surface area contributed by atoms with Crippen LogP contribution in [0.5, 0.6) is 0 Å². The van der Waals surface area contributed by atoms with Crippen LogP contribution in [0.2, 0.25) is 0 Å². The zero-order valence-electron chi connectivity index (χ0n) is 10.4. The number of rotatable bonds is 5. The summed E-state index contributed by atoms with van der Waals surface area (Å²) in [5, 5.41) is 0. The van der Waals surface area contributed by atoms with E-state index in [2.05, 4.69) is 0 Å². The van der Waals surface area contributed by atoms with Crippen molar-refractivity contribution < 1.29 is 9.53 Å². The first-order chi connectivity index (χ1) is 7.65. The third kappa shape index (κ3) is 4.10. The molecule has 0 aromatic heterocycles. The molecule has 0 bridgehead atoms. The fourth-order valence-corrected chi connectivity index (χ4v) is 2.24. The number of ether oxygens (including phenoxy) is 1. The molecule has 2 atom stereocenters. The molecule has 2 N–H and O–H groups in total. The summed E-state index contributed by atoms with van der Waals surface area (Å²) in [5.41, 5.74) is 5.74. The van der Waals surface area contributed by atoms with Gasteiger partial charge in [-0.2, -0.15) is 0 Å². The Balaban J connectivity index is 2.22. The molecular formula is C12H24N2O2. The van der Waals surface area contributed by atoms with Crippen molar-refractivity contribution in [1.82, 2.24) is 4.90 Å². The van der Waals surface area contributed by atoms with E-state index in [0.717, 1.165) is 6.54 Å². The summed E-state index contributed by atoms with van der Waals surface area (Å²) in [6.45, 7) is 1.62. The highest BCUT2D eigenvalue weighted by atomic mass is 16.5. The van der Waals surface area contributed by atoms with Crippen LogP contribution in [0.4, 0.5) is 0 Å². The second-order valence-corrected chi connectivity index (χ2v) is 4.84. The van der Waals surface area contributed by atoms with Crippen LogP contribution in [-0.4, -0.2) is 44.7 Å². The summed E-state index contributed by atoms with van der Waals surface area (Å²) < 4.78 is 5.48. The molecule has 4 nitrogen and oxygen atoms in total. The number of nitrogens with zero attached hydrogens (tertiary/aromatic N) is 1. The Hall–Kier alpha value is -0.610. The maximum atomic E-state index is 11.3. The molecule has 4 heteroatoms. The van der Waals surface area contributed by atoms with E-state index >= 15 is 0 Å². The molecule has 16 heavy (non-hydrogen) atoms. The first-order valence-corrected chi connectivity index (χ1v) is 6.13. The summed E-state index contributed by atoms with van der Waals surface area (Å²) in [4.78, 5) is 12.9. The average molecular weight is 228 g/mol. The Morgan fingerprint density at radius 3 is 2.50 bits per heavy atom. The van der Waals surface area contributed by atoms with Gasteiger partial charge in [-0.3, -0.25) is 4.79 Å². The van der Waals surface area contributed by atoms with Gasteiger partial charge >= 0.3 is 0 Å². The molecule has 0 spiro atoms. The van der Waals surface area contributed by atoms with E-state index in [-0.39, 0.29) is 12.5 Å². The number of nitrogens with two attached hydrogens (primary N) is 1. The summed E-state index contributed by atoms with van der Waals surface area (Å²) in [7, 11) is 3.49. The van der Waals surface area contributed by atoms with Crippen LogP contribution in [-0.2, 0) is 9.53 Å². The minimum atomic E-state index is 0.0279. The minimum absolute atomic E-state index is 0.0279. The SMILES string of the molecule is CN(C)C(=O)COCC1CCCCC1CN. The Morgan fingerprint density at radius 2 is 1.94 bits per heavy atom. The summed E-state index contributed by atoms with van der Waals surface area (Å²) in [6.07, 6.45) is 4.96. The largest absolute Gasteiger partial charge is 0.371 e. The molecule has 1 aliphatic carbocycles. The lowest BCUT2D eigenvalue weighted by molar-refractivity contribution is -0.134. The summed E-state index contributed by atoms with van der Waals surface area (Å²) in [5.74, 6) is 1.16. The van der Waals surface area contributed by atoms with Crippen molar-refractivity contribution in [3.8, 4) is 0 Å². The van der Waals surface area contributed by atoms with Crippen molar-refractivity contribution in [2.24, 2.45) is 17.6 Å². The van der Waals surface area contributed by atoms with Gasteiger partial charge in [-0.05, 0) is 31.2 Å². The number of carbonyl (C=O) groups excluding carboxylic acids is 1. The van der Waals surface area contributed by atoms with Crippen LogP contribution >= 0.6 is 0 Å². The second-order valence-electron chi connectivity index (χ2n) is 4.84. The maximum Gasteiger partial charge on any atom is 0.248 e. The van der Waals surface area contributed by atoms with Gasteiger partial charge in [0.15, 0.2) is 0 Å². The molecule has 1 fully saturated rings. The van der Waals surface area contributed by atoms with Gasteiger partial charge in [0.1, 0.15) is 6.61 Å².